The Morgan fingerprint density at radius 2 is 2.30 bits per heavy atom. The van der Waals surface area contributed by atoms with Gasteiger partial charge in [0, 0.05) is 16.8 Å². The molecule has 0 saturated carbocycles. The van der Waals surface area contributed by atoms with E-state index in [0.717, 1.165) is 16.8 Å². The van der Waals surface area contributed by atoms with Gasteiger partial charge in [0.1, 0.15) is 12.7 Å². The molecule has 0 bridgehead atoms. The zero-order valence-electron chi connectivity index (χ0n) is 10.3. The smallest absolute Gasteiger partial charge is 0.345 e. The molecule has 2 saturated heterocycles. The zero-order chi connectivity index (χ0) is 14.5. The Morgan fingerprint density at radius 3 is 3.00 bits per heavy atom. The van der Waals surface area contributed by atoms with Crippen LogP contribution in [0.15, 0.2) is 21.9 Å². The number of hydrogen-bond acceptors (Lipinski definition) is 6. The van der Waals surface area contributed by atoms with Crippen LogP contribution in [-0.2, 0) is 18.3 Å². The number of fused-ring (bicyclic) bond motifs is 1. The Labute approximate surface area is 112 Å². The second-order valence-corrected chi connectivity index (χ2v) is 5.66. The van der Waals surface area contributed by atoms with E-state index in [1.807, 2.05) is 4.98 Å². The van der Waals surface area contributed by atoms with Crippen LogP contribution in [0.1, 0.15) is 13.2 Å². The standard InChI is InChI=1S/C10H10FN2O6P/c1-10(11)7-5(4-17-20(16)19-7)18-8(10)13-3-2-6(14)12-9(13)15/h2-3,5,7-8H,4H2,1H3/p+1/t5-,7-,8-,10-/m1/s1. The van der Waals surface area contributed by atoms with Crippen molar-refractivity contribution in [1.29, 1.82) is 0 Å². The molecule has 20 heavy (non-hydrogen) atoms. The van der Waals surface area contributed by atoms with Gasteiger partial charge < -0.3 is 4.74 Å². The van der Waals surface area contributed by atoms with Gasteiger partial charge in [-0.3, -0.25) is 14.3 Å². The van der Waals surface area contributed by atoms with Crippen molar-refractivity contribution < 1.29 is 22.7 Å². The minimum atomic E-state index is -2.40. The third-order valence-corrected chi connectivity index (χ3v) is 4.09. The lowest BCUT2D eigenvalue weighted by Gasteiger charge is -2.24. The molecule has 2 fully saturated rings. The zero-order valence-corrected chi connectivity index (χ0v) is 11.2. The quantitative estimate of drug-likeness (QED) is 0.746. The molecule has 3 rings (SSSR count). The highest BCUT2D eigenvalue weighted by atomic mass is 31.1. The minimum absolute atomic E-state index is 0.0893. The molecule has 0 spiro atoms. The molecule has 108 valence electrons. The number of ether oxygens (including phenoxy) is 1. The summed E-state index contributed by atoms with van der Waals surface area (Å²) in [7, 11) is -2.40. The Bertz CT molecular complexity index is 670. The predicted molar refractivity (Wildman–Crippen MR) is 63.2 cm³/mol. The summed E-state index contributed by atoms with van der Waals surface area (Å²) < 4.78 is 42.1. The third-order valence-electron chi connectivity index (χ3n) is 3.33. The molecule has 0 aromatic carbocycles. The van der Waals surface area contributed by atoms with Crippen molar-refractivity contribution in [3.8, 4) is 0 Å². The molecular formula is C10H11FN2O6P+. The first kappa shape index (κ1) is 13.6. The fourth-order valence-electron chi connectivity index (χ4n) is 2.38. The lowest BCUT2D eigenvalue weighted by Crippen LogP contribution is -2.45. The molecule has 0 amide bonds. The van der Waals surface area contributed by atoms with E-state index in [-0.39, 0.29) is 6.61 Å². The number of aromatic amines is 1. The van der Waals surface area contributed by atoms with Gasteiger partial charge in [-0.25, -0.2) is 9.18 Å². The topological polar surface area (TPSA) is 99.6 Å². The van der Waals surface area contributed by atoms with Crippen molar-refractivity contribution in [1.82, 2.24) is 9.55 Å². The molecule has 8 nitrogen and oxygen atoms in total. The minimum Gasteiger partial charge on any atom is -0.345 e. The first-order valence-electron chi connectivity index (χ1n) is 5.82. The first-order valence-corrected chi connectivity index (χ1v) is 6.92. The van der Waals surface area contributed by atoms with Crippen molar-refractivity contribution >= 4 is 8.25 Å². The normalized spacial score (nSPS) is 38.7. The van der Waals surface area contributed by atoms with Crippen molar-refractivity contribution in [3.63, 3.8) is 0 Å². The van der Waals surface area contributed by atoms with E-state index < -0.39 is 43.6 Å². The molecule has 2 aliphatic heterocycles. The van der Waals surface area contributed by atoms with E-state index in [1.165, 1.54) is 6.92 Å². The molecule has 2 aliphatic rings. The molecule has 1 unspecified atom stereocenters. The summed E-state index contributed by atoms with van der Waals surface area (Å²) in [6.45, 7) is 1.10. The van der Waals surface area contributed by atoms with Gasteiger partial charge in [-0.2, -0.15) is 0 Å². The monoisotopic (exact) mass is 305 g/mol. The summed E-state index contributed by atoms with van der Waals surface area (Å²) in [4.78, 5) is 24.8. The van der Waals surface area contributed by atoms with Gasteiger partial charge in [-0.15, -0.1) is 9.05 Å². The highest BCUT2D eigenvalue weighted by Crippen LogP contribution is 2.49. The fourth-order valence-corrected chi connectivity index (χ4v) is 3.24. The van der Waals surface area contributed by atoms with E-state index in [9.17, 15) is 18.5 Å². The van der Waals surface area contributed by atoms with Gasteiger partial charge in [0.25, 0.3) is 5.56 Å². The molecule has 1 aromatic heterocycles. The lowest BCUT2D eigenvalue weighted by molar-refractivity contribution is -0.0614. The largest absolute Gasteiger partial charge is 0.697 e. The number of nitrogens with one attached hydrogen (secondary N) is 1. The summed E-state index contributed by atoms with van der Waals surface area (Å²) in [5, 5.41) is 0. The Hall–Kier alpha value is -1.41. The molecular weight excluding hydrogens is 294 g/mol. The van der Waals surface area contributed by atoms with Crippen molar-refractivity contribution in [2.24, 2.45) is 0 Å². The van der Waals surface area contributed by atoms with E-state index in [0.29, 0.717) is 0 Å². The molecule has 0 aliphatic carbocycles. The average Bonchev–Trinajstić information content (AvgIpc) is 2.62. The van der Waals surface area contributed by atoms with Crippen LogP contribution >= 0.6 is 8.25 Å². The van der Waals surface area contributed by atoms with Gasteiger partial charge in [0.05, 0.1) is 0 Å². The van der Waals surface area contributed by atoms with Crippen LogP contribution in [0.4, 0.5) is 4.39 Å². The van der Waals surface area contributed by atoms with Gasteiger partial charge >= 0.3 is 13.9 Å². The van der Waals surface area contributed by atoms with Crippen LogP contribution in [0.5, 0.6) is 0 Å². The first-order chi connectivity index (χ1) is 9.39. The second kappa shape index (κ2) is 4.56. The number of H-pyrrole nitrogens is 1. The Morgan fingerprint density at radius 1 is 1.55 bits per heavy atom. The molecule has 3 heterocycles. The van der Waals surface area contributed by atoms with E-state index in [4.69, 9.17) is 13.8 Å². The van der Waals surface area contributed by atoms with Crippen molar-refractivity contribution in [3.05, 3.63) is 33.1 Å². The van der Waals surface area contributed by atoms with Crippen LogP contribution in [0.2, 0.25) is 0 Å². The maximum absolute atomic E-state index is 14.9. The summed E-state index contributed by atoms with van der Waals surface area (Å²) in [5.74, 6) is 0. The summed E-state index contributed by atoms with van der Waals surface area (Å²) in [5.41, 5.74) is -3.48. The maximum atomic E-state index is 14.9. The number of halogens is 1. The van der Waals surface area contributed by atoms with E-state index >= 15 is 0 Å². The highest BCUT2D eigenvalue weighted by Gasteiger charge is 2.63. The number of rotatable bonds is 1. The summed E-state index contributed by atoms with van der Waals surface area (Å²) in [6.07, 6.45) is -2.04. The third kappa shape index (κ3) is 2.03. The van der Waals surface area contributed by atoms with Crippen molar-refractivity contribution in [2.45, 2.75) is 31.0 Å². The van der Waals surface area contributed by atoms with E-state index in [1.54, 1.807) is 0 Å². The van der Waals surface area contributed by atoms with Gasteiger partial charge in [0.2, 0.25) is 0 Å². The Kier molecular flexibility index (Phi) is 3.09. The molecule has 1 N–H and O–H groups in total. The lowest BCUT2D eigenvalue weighted by atomic mass is 9.98. The number of nitrogens with zero attached hydrogens (tertiary/aromatic N) is 1. The summed E-state index contributed by atoms with van der Waals surface area (Å²) >= 11 is 0. The predicted octanol–water partition coefficient (Wildman–Crippen LogP) is 0.235. The molecule has 10 heteroatoms. The number of alkyl halides is 1. The van der Waals surface area contributed by atoms with Crippen LogP contribution in [-0.4, -0.2) is 34.0 Å². The van der Waals surface area contributed by atoms with Gasteiger partial charge in [-0.1, -0.05) is 0 Å². The van der Waals surface area contributed by atoms with Crippen LogP contribution < -0.4 is 11.2 Å². The molecule has 0 radical (unpaired) electrons. The highest BCUT2D eigenvalue weighted by molar-refractivity contribution is 7.33. The van der Waals surface area contributed by atoms with E-state index in [2.05, 4.69) is 0 Å². The van der Waals surface area contributed by atoms with Gasteiger partial charge in [-0.05, 0) is 6.92 Å². The SMILES string of the molecule is C[C@@]1(F)[C@@H]2O[P+](=O)OC[C@H]2O[C@H]1n1ccc(=O)[nH]c1=O. The van der Waals surface area contributed by atoms with Crippen LogP contribution in [0.25, 0.3) is 0 Å². The molecule has 5 atom stereocenters. The average molecular weight is 305 g/mol. The van der Waals surface area contributed by atoms with Crippen LogP contribution in [0.3, 0.4) is 0 Å². The Balaban J connectivity index is 2.00. The molecule has 1 aromatic rings. The van der Waals surface area contributed by atoms with Crippen LogP contribution in [0, 0.1) is 0 Å². The number of aromatic nitrogens is 2. The summed E-state index contributed by atoms with van der Waals surface area (Å²) in [6, 6.07) is 1.08. The van der Waals surface area contributed by atoms with Crippen molar-refractivity contribution in [2.75, 3.05) is 6.61 Å². The van der Waals surface area contributed by atoms with Gasteiger partial charge in [0.15, 0.2) is 18.0 Å². The fraction of sp³-hybridized carbons (Fsp3) is 0.600. The maximum Gasteiger partial charge on any atom is 0.697 e. The number of hydrogen-bond donors (Lipinski definition) is 1. The second-order valence-electron chi connectivity index (χ2n) is 4.74.